The average molecular weight is 437 g/mol. The molecule has 0 bridgehead atoms. The van der Waals surface area contributed by atoms with Gasteiger partial charge in [-0.15, -0.1) is 0 Å². The van der Waals surface area contributed by atoms with Gasteiger partial charge in [0.1, 0.15) is 5.82 Å². The Balaban J connectivity index is 1.65. The number of nitrogens with zero attached hydrogens (tertiary/aromatic N) is 4. The van der Waals surface area contributed by atoms with E-state index in [1.807, 2.05) is 30.0 Å². The van der Waals surface area contributed by atoms with Crippen LogP contribution in [0.4, 0.5) is 5.82 Å². The molecule has 0 saturated carbocycles. The van der Waals surface area contributed by atoms with Crippen molar-refractivity contribution in [2.75, 3.05) is 63.1 Å². The molecule has 0 radical (unpaired) electrons. The maximum absolute atomic E-state index is 13.8. The van der Waals surface area contributed by atoms with Gasteiger partial charge in [-0.25, -0.2) is 17.7 Å². The predicted molar refractivity (Wildman–Crippen MR) is 115 cm³/mol. The maximum atomic E-state index is 13.8. The van der Waals surface area contributed by atoms with Crippen LogP contribution in [0.15, 0.2) is 24.4 Å². The number of aromatic nitrogens is 1. The fourth-order valence-electron chi connectivity index (χ4n) is 5.18. The van der Waals surface area contributed by atoms with Gasteiger partial charge in [0.15, 0.2) is 0 Å². The zero-order chi connectivity index (χ0) is 21.2. The van der Waals surface area contributed by atoms with Crippen molar-refractivity contribution >= 4 is 21.7 Å². The van der Waals surface area contributed by atoms with E-state index in [0.29, 0.717) is 71.7 Å². The van der Waals surface area contributed by atoms with Gasteiger partial charge < -0.3 is 14.5 Å². The molecule has 1 amide bonds. The third kappa shape index (κ3) is 4.07. The van der Waals surface area contributed by atoms with Gasteiger partial charge in [0, 0.05) is 51.4 Å². The maximum Gasteiger partial charge on any atom is 0.231 e. The molecule has 166 valence electrons. The van der Waals surface area contributed by atoms with E-state index in [9.17, 15) is 13.2 Å². The average Bonchev–Trinajstić information content (AvgIpc) is 3.02. The molecule has 1 aromatic rings. The van der Waals surface area contributed by atoms with E-state index in [1.165, 1.54) is 0 Å². The Bertz CT molecular complexity index is 844. The summed E-state index contributed by atoms with van der Waals surface area (Å²) in [7, 11) is -3.30. The van der Waals surface area contributed by atoms with Crippen molar-refractivity contribution in [2.24, 2.45) is 11.3 Å². The molecule has 0 aromatic carbocycles. The van der Waals surface area contributed by atoms with E-state index >= 15 is 0 Å². The first-order valence-electron chi connectivity index (χ1n) is 11.0. The van der Waals surface area contributed by atoms with Crippen molar-refractivity contribution in [3.05, 3.63) is 24.4 Å². The van der Waals surface area contributed by atoms with Crippen LogP contribution in [0.25, 0.3) is 0 Å². The summed E-state index contributed by atoms with van der Waals surface area (Å²) in [6.45, 7) is 6.37. The van der Waals surface area contributed by atoms with Crippen LogP contribution in [0.1, 0.15) is 26.2 Å². The molecule has 0 unspecified atom stereocenters. The number of amides is 1. The van der Waals surface area contributed by atoms with Gasteiger partial charge >= 0.3 is 0 Å². The summed E-state index contributed by atoms with van der Waals surface area (Å²) in [4.78, 5) is 22.4. The van der Waals surface area contributed by atoms with Crippen LogP contribution < -0.4 is 4.90 Å². The molecule has 4 heterocycles. The number of hydrogen-bond acceptors (Lipinski definition) is 6. The molecule has 3 fully saturated rings. The Morgan fingerprint density at radius 3 is 2.73 bits per heavy atom. The fraction of sp³-hybridized carbons (Fsp3) is 0.714. The smallest absolute Gasteiger partial charge is 0.231 e. The minimum atomic E-state index is -3.30. The second-order valence-corrected chi connectivity index (χ2v) is 10.7. The first-order valence-corrected chi connectivity index (χ1v) is 12.6. The van der Waals surface area contributed by atoms with Crippen molar-refractivity contribution in [3.8, 4) is 0 Å². The largest absolute Gasteiger partial charge is 0.378 e. The van der Waals surface area contributed by atoms with Gasteiger partial charge in [0.25, 0.3) is 0 Å². The number of fused-ring (bicyclic) bond motifs is 1. The van der Waals surface area contributed by atoms with Crippen molar-refractivity contribution in [3.63, 3.8) is 0 Å². The Morgan fingerprint density at radius 2 is 2.03 bits per heavy atom. The summed E-state index contributed by atoms with van der Waals surface area (Å²) in [6, 6.07) is 5.79. The van der Waals surface area contributed by atoms with Crippen molar-refractivity contribution in [1.82, 2.24) is 14.2 Å². The lowest BCUT2D eigenvalue weighted by atomic mass is 9.73. The van der Waals surface area contributed by atoms with E-state index in [1.54, 1.807) is 10.5 Å². The molecule has 8 nitrogen and oxygen atoms in total. The van der Waals surface area contributed by atoms with E-state index in [4.69, 9.17) is 4.74 Å². The molecule has 3 aliphatic heterocycles. The highest BCUT2D eigenvalue weighted by molar-refractivity contribution is 7.89. The SMILES string of the molecule is CCCS(=O)(=O)N1CCC[C@@]2(C(=O)N3CCOCC3)CN(c3ccccn3)C[C@H]2C1. The molecule has 4 rings (SSSR count). The van der Waals surface area contributed by atoms with Crippen LogP contribution >= 0.6 is 0 Å². The lowest BCUT2D eigenvalue weighted by Gasteiger charge is -2.38. The molecular formula is C21H32N4O4S. The third-order valence-corrected chi connectivity index (χ3v) is 8.75. The number of carbonyl (C=O) groups is 1. The number of rotatable bonds is 5. The van der Waals surface area contributed by atoms with Crippen LogP contribution in [-0.4, -0.2) is 86.7 Å². The van der Waals surface area contributed by atoms with Crippen molar-refractivity contribution < 1.29 is 17.9 Å². The van der Waals surface area contributed by atoms with Crippen LogP contribution in [0.3, 0.4) is 0 Å². The predicted octanol–water partition coefficient (Wildman–Crippen LogP) is 1.20. The summed E-state index contributed by atoms with van der Waals surface area (Å²) in [5.41, 5.74) is -0.578. The molecule has 0 aliphatic carbocycles. The molecule has 30 heavy (non-hydrogen) atoms. The Kier molecular flexibility index (Phi) is 6.31. The molecule has 2 atom stereocenters. The van der Waals surface area contributed by atoms with E-state index in [-0.39, 0.29) is 17.6 Å². The number of anilines is 1. The first-order chi connectivity index (χ1) is 14.5. The summed E-state index contributed by atoms with van der Waals surface area (Å²) >= 11 is 0. The number of morpholine rings is 1. The number of pyridine rings is 1. The molecule has 3 saturated heterocycles. The Hall–Kier alpha value is -1.71. The van der Waals surface area contributed by atoms with Crippen LogP contribution in [-0.2, 0) is 19.6 Å². The molecule has 3 aliphatic rings. The van der Waals surface area contributed by atoms with Gasteiger partial charge in [-0.1, -0.05) is 13.0 Å². The first kappa shape index (κ1) is 21.5. The summed E-state index contributed by atoms with van der Waals surface area (Å²) < 4.78 is 32.8. The lowest BCUT2D eigenvalue weighted by Crippen LogP contribution is -2.53. The fourth-order valence-corrected chi connectivity index (χ4v) is 6.77. The normalized spacial score (nSPS) is 28.2. The molecule has 0 N–H and O–H groups in total. The summed E-state index contributed by atoms with van der Waals surface area (Å²) in [5, 5.41) is 0. The van der Waals surface area contributed by atoms with E-state index in [2.05, 4.69) is 9.88 Å². The van der Waals surface area contributed by atoms with Crippen LogP contribution in [0.2, 0.25) is 0 Å². The second-order valence-electron chi connectivity index (χ2n) is 8.60. The summed E-state index contributed by atoms with van der Waals surface area (Å²) in [5.74, 6) is 1.12. The van der Waals surface area contributed by atoms with Crippen molar-refractivity contribution in [1.29, 1.82) is 0 Å². The zero-order valence-electron chi connectivity index (χ0n) is 17.7. The van der Waals surface area contributed by atoms with Gasteiger partial charge in [-0.3, -0.25) is 4.79 Å². The van der Waals surface area contributed by atoms with Gasteiger partial charge in [0.2, 0.25) is 15.9 Å². The van der Waals surface area contributed by atoms with Crippen LogP contribution in [0, 0.1) is 11.3 Å². The number of ether oxygens (including phenoxy) is 1. The Labute approximate surface area is 179 Å². The number of sulfonamides is 1. The van der Waals surface area contributed by atoms with Gasteiger partial charge in [-0.05, 0) is 31.4 Å². The summed E-state index contributed by atoms with van der Waals surface area (Å²) in [6.07, 6.45) is 3.76. The third-order valence-electron chi connectivity index (χ3n) is 6.70. The highest BCUT2D eigenvalue weighted by Crippen LogP contribution is 2.45. The zero-order valence-corrected chi connectivity index (χ0v) is 18.5. The number of carbonyl (C=O) groups excluding carboxylic acids is 1. The standard InChI is InChI=1S/C21H32N4O4S/c1-2-14-30(27,28)25-9-5-7-21(20(26)23-10-12-29-13-11-23)17-24(15-18(21)16-25)19-6-3-4-8-22-19/h3-4,6,8,18H,2,5,7,9-17H2,1H3/t18-,21+/m0/s1. The Morgan fingerprint density at radius 1 is 1.23 bits per heavy atom. The lowest BCUT2D eigenvalue weighted by molar-refractivity contribution is -0.147. The minimum absolute atomic E-state index is 0.0519. The van der Waals surface area contributed by atoms with Gasteiger partial charge in [0.05, 0.1) is 24.4 Å². The highest BCUT2D eigenvalue weighted by atomic mass is 32.2. The monoisotopic (exact) mass is 436 g/mol. The quantitative estimate of drug-likeness (QED) is 0.690. The molecule has 9 heteroatoms. The molecular weight excluding hydrogens is 404 g/mol. The van der Waals surface area contributed by atoms with E-state index in [0.717, 1.165) is 5.82 Å². The second kappa shape index (κ2) is 8.80. The van der Waals surface area contributed by atoms with Crippen molar-refractivity contribution in [2.45, 2.75) is 26.2 Å². The molecule has 1 aromatic heterocycles. The molecule has 0 spiro atoms. The minimum Gasteiger partial charge on any atom is -0.378 e. The topological polar surface area (TPSA) is 83.0 Å². The van der Waals surface area contributed by atoms with Gasteiger partial charge in [-0.2, -0.15) is 0 Å². The van der Waals surface area contributed by atoms with Crippen LogP contribution in [0.5, 0.6) is 0 Å². The van der Waals surface area contributed by atoms with E-state index < -0.39 is 15.4 Å². The highest BCUT2D eigenvalue weighted by Gasteiger charge is 2.55. The number of hydrogen-bond donors (Lipinski definition) is 0.